The molecule has 2 aliphatic heterocycles. The summed E-state index contributed by atoms with van der Waals surface area (Å²) in [5.74, 6) is -3.22. The monoisotopic (exact) mass is 683 g/mol. The first-order valence-corrected chi connectivity index (χ1v) is 16.3. The number of aliphatic carboxylic acids is 1. The number of nitrogens with two attached hydrogens (primary N) is 2. The molecule has 0 aromatic carbocycles. The maximum absolute atomic E-state index is 13.4. The molecule has 2 aromatic rings. The van der Waals surface area contributed by atoms with E-state index in [1.165, 1.54) is 37.4 Å². The van der Waals surface area contributed by atoms with E-state index in [4.69, 9.17) is 21.0 Å². The van der Waals surface area contributed by atoms with Crippen LogP contribution in [0.5, 0.6) is 0 Å². The molecular formula is C24H33N11O7S3. The lowest BCUT2D eigenvalue weighted by Gasteiger charge is -2.49. The molecule has 0 spiro atoms. The lowest BCUT2D eigenvalue weighted by atomic mass is 10.0. The molecule has 0 radical (unpaired) electrons. The number of tetrazole rings is 1. The van der Waals surface area contributed by atoms with Gasteiger partial charge in [0, 0.05) is 29.6 Å². The van der Waals surface area contributed by atoms with Crippen LogP contribution < -0.4 is 16.8 Å². The molecule has 2 amide bonds. The molecule has 21 heteroatoms. The number of fused-ring (bicyclic) bond motifs is 1. The molecule has 0 aliphatic carbocycles. The van der Waals surface area contributed by atoms with E-state index in [0.717, 1.165) is 16.4 Å². The lowest BCUT2D eigenvalue weighted by Crippen LogP contribution is -2.71. The van der Waals surface area contributed by atoms with Crippen molar-refractivity contribution in [2.45, 2.75) is 75.4 Å². The minimum Gasteiger partial charge on any atom is -0.477 e. The number of anilines is 1. The fraction of sp³-hybridized carbons (Fsp3) is 0.583. The number of carboxylic acids is 1. The summed E-state index contributed by atoms with van der Waals surface area (Å²) in [6, 6.07) is -1.09. The van der Waals surface area contributed by atoms with Crippen molar-refractivity contribution in [3.63, 3.8) is 0 Å². The van der Waals surface area contributed by atoms with Crippen LogP contribution in [0.1, 0.15) is 46.9 Å². The molecule has 244 valence electrons. The molecule has 0 saturated carbocycles. The van der Waals surface area contributed by atoms with E-state index in [2.05, 4.69) is 35.4 Å². The van der Waals surface area contributed by atoms with Crippen molar-refractivity contribution < 1.29 is 33.9 Å². The summed E-state index contributed by atoms with van der Waals surface area (Å²) in [5.41, 5.74) is 8.77. The predicted octanol–water partition coefficient (Wildman–Crippen LogP) is -0.172. The SMILES string of the molecule is CC(C)(C)OC(=O)C(C)(C)O/N=C(\C(=O)NC1C(=O)N2C(C(=O)O)=C(CSc3nnnn3CCCN)CS[C@H]12)c1nsc(N)n1. The van der Waals surface area contributed by atoms with Crippen molar-refractivity contribution >= 4 is 69.7 Å². The number of β-lactam (4-membered cyclic amide) rings is 1. The highest BCUT2D eigenvalue weighted by Gasteiger charge is 2.54. The average molecular weight is 684 g/mol. The predicted molar refractivity (Wildman–Crippen MR) is 164 cm³/mol. The van der Waals surface area contributed by atoms with Gasteiger partial charge in [0.25, 0.3) is 11.8 Å². The zero-order valence-electron chi connectivity index (χ0n) is 25.0. The quantitative estimate of drug-likeness (QED) is 0.0702. The normalized spacial score (nSPS) is 18.8. The van der Waals surface area contributed by atoms with Gasteiger partial charge in [-0.05, 0) is 63.6 Å². The Bertz CT molecular complexity index is 1530. The summed E-state index contributed by atoms with van der Waals surface area (Å²) in [6.45, 7) is 8.86. The van der Waals surface area contributed by atoms with Crippen molar-refractivity contribution in [1.82, 2.24) is 39.8 Å². The maximum atomic E-state index is 13.4. The van der Waals surface area contributed by atoms with Crippen LogP contribution in [-0.4, -0.2) is 110 Å². The Morgan fingerprint density at radius 3 is 2.60 bits per heavy atom. The van der Waals surface area contributed by atoms with Gasteiger partial charge in [0.15, 0.2) is 5.13 Å². The first kappa shape index (κ1) is 34.1. The number of carbonyl (C=O) groups excluding carboxylic acids is 3. The number of hydrogen-bond acceptors (Lipinski definition) is 17. The van der Waals surface area contributed by atoms with Crippen LogP contribution in [0.4, 0.5) is 5.13 Å². The first-order valence-electron chi connectivity index (χ1n) is 13.5. The van der Waals surface area contributed by atoms with Gasteiger partial charge in [-0.15, -0.1) is 16.9 Å². The van der Waals surface area contributed by atoms with Gasteiger partial charge >= 0.3 is 11.9 Å². The van der Waals surface area contributed by atoms with Crippen LogP contribution in [-0.2, 0) is 35.3 Å². The molecule has 2 atom stereocenters. The zero-order chi connectivity index (χ0) is 33.1. The largest absolute Gasteiger partial charge is 0.477 e. The van der Waals surface area contributed by atoms with Gasteiger partial charge in [-0.1, -0.05) is 16.9 Å². The number of oxime groups is 1. The number of aromatic nitrogens is 6. The van der Waals surface area contributed by atoms with Crippen molar-refractivity contribution in [3.8, 4) is 0 Å². The van der Waals surface area contributed by atoms with E-state index in [9.17, 15) is 24.3 Å². The van der Waals surface area contributed by atoms with E-state index in [-0.39, 0.29) is 28.2 Å². The van der Waals surface area contributed by atoms with Crippen LogP contribution >= 0.6 is 35.1 Å². The number of nitrogen functional groups attached to an aromatic ring is 1. The van der Waals surface area contributed by atoms with E-state index in [1.807, 2.05) is 0 Å². The van der Waals surface area contributed by atoms with Crippen molar-refractivity contribution in [2.24, 2.45) is 10.9 Å². The fourth-order valence-corrected chi connectivity index (χ4v) is 6.77. The summed E-state index contributed by atoms with van der Waals surface area (Å²) < 4.78 is 11.0. The third-order valence-corrected chi connectivity index (χ3v) is 9.03. The van der Waals surface area contributed by atoms with Crippen LogP contribution in [0.3, 0.4) is 0 Å². The van der Waals surface area contributed by atoms with Gasteiger partial charge in [-0.3, -0.25) is 14.5 Å². The Balaban J connectivity index is 1.50. The Hall–Kier alpha value is -3.82. The van der Waals surface area contributed by atoms with Crippen molar-refractivity contribution in [1.29, 1.82) is 0 Å². The molecule has 2 aliphatic rings. The molecule has 1 unspecified atom stereocenters. The number of esters is 1. The molecular weight excluding hydrogens is 651 g/mol. The van der Waals surface area contributed by atoms with Crippen LogP contribution in [0, 0.1) is 0 Å². The molecule has 4 rings (SSSR count). The first-order chi connectivity index (χ1) is 21.1. The van der Waals surface area contributed by atoms with E-state index in [1.54, 1.807) is 25.5 Å². The third-order valence-electron chi connectivity index (χ3n) is 6.11. The standard InChI is InChI=1S/C24H33N11O7S3/c1-23(2,3)41-20(40)24(4,5)42-30-12(15-28-21(26)45-31-15)16(36)27-13-17(37)35-14(19(38)39)11(9-43-18(13)35)10-44-22-29-32-33-34(22)8-6-7-25/h13,18H,6-10,25H2,1-5H3,(H,27,36)(H,38,39)(H2,26,28,31)/b30-12-/t13?,18-/m1/s1. The smallest absolute Gasteiger partial charge is 0.353 e. The second-order valence-corrected chi connectivity index (χ2v) is 14.1. The zero-order valence-corrected chi connectivity index (χ0v) is 27.5. The number of nitrogens with zero attached hydrogens (tertiary/aromatic N) is 8. The number of carbonyl (C=O) groups is 4. The third kappa shape index (κ3) is 7.89. The topological polar surface area (TPSA) is 256 Å². The van der Waals surface area contributed by atoms with Crippen molar-refractivity contribution in [3.05, 3.63) is 17.1 Å². The number of ether oxygens (including phenoxy) is 1. The molecule has 0 bridgehead atoms. The Morgan fingerprint density at radius 2 is 1.98 bits per heavy atom. The van der Waals surface area contributed by atoms with Crippen LogP contribution in [0.15, 0.2) is 21.6 Å². The number of hydrogen-bond donors (Lipinski definition) is 4. The molecule has 45 heavy (non-hydrogen) atoms. The summed E-state index contributed by atoms with van der Waals surface area (Å²) in [6.07, 6.45) is 0.667. The molecule has 18 nitrogen and oxygen atoms in total. The molecule has 1 saturated heterocycles. The van der Waals surface area contributed by atoms with Crippen LogP contribution in [0.2, 0.25) is 0 Å². The summed E-state index contributed by atoms with van der Waals surface area (Å²) in [5, 5.41) is 27.9. The minimum atomic E-state index is -1.61. The van der Waals surface area contributed by atoms with Gasteiger partial charge in [0.2, 0.25) is 22.3 Å². The minimum absolute atomic E-state index is 0.0423. The van der Waals surface area contributed by atoms with E-state index >= 15 is 0 Å². The van der Waals surface area contributed by atoms with Crippen LogP contribution in [0.25, 0.3) is 0 Å². The number of amides is 2. The molecule has 1 fully saturated rings. The number of nitrogens with one attached hydrogen (secondary N) is 1. The highest BCUT2D eigenvalue weighted by molar-refractivity contribution is 8.01. The maximum Gasteiger partial charge on any atom is 0.353 e. The van der Waals surface area contributed by atoms with Gasteiger partial charge in [-0.2, -0.15) is 9.36 Å². The number of carboxylic acid groups (broad SMARTS) is 1. The highest BCUT2D eigenvalue weighted by Crippen LogP contribution is 2.41. The summed E-state index contributed by atoms with van der Waals surface area (Å²) >= 11 is 3.34. The highest BCUT2D eigenvalue weighted by atomic mass is 32.2. The Kier molecular flexibility index (Phi) is 10.3. The fourth-order valence-electron chi connectivity index (χ4n) is 3.95. The Labute approximate surface area is 269 Å². The van der Waals surface area contributed by atoms with Gasteiger partial charge < -0.3 is 31.5 Å². The summed E-state index contributed by atoms with van der Waals surface area (Å²) in [4.78, 5) is 62.2. The van der Waals surface area contributed by atoms with E-state index < -0.39 is 52.1 Å². The van der Waals surface area contributed by atoms with Crippen molar-refractivity contribution in [2.75, 3.05) is 23.8 Å². The average Bonchev–Trinajstić information content (AvgIpc) is 3.60. The second-order valence-electron chi connectivity index (χ2n) is 11.2. The number of aryl methyl sites for hydroxylation is 1. The molecule has 4 heterocycles. The second kappa shape index (κ2) is 13.7. The van der Waals surface area contributed by atoms with Gasteiger partial charge in [0.05, 0.1) is 0 Å². The number of thioether (sulfide) groups is 2. The Morgan fingerprint density at radius 1 is 1.24 bits per heavy atom. The summed E-state index contributed by atoms with van der Waals surface area (Å²) in [7, 11) is 0. The molecule has 6 N–H and O–H groups in total. The molecule has 2 aromatic heterocycles. The number of rotatable bonds is 13. The van der Waals surface area contributed by atoms with Gasteiger partial charge in [-0.25, -0.2) is 14.3 Å². The lowest BCUT2D eigenvalue weighted by molar-refractivity contribution is -0.179. The van der Waals surface area contributed by atoms with Gasteiger partial charge in [0.1, 0.15) is 22.7 Å². The van der Waals surface area contributed by atoms with E-state index in [0.29, 0.717) is 30.2 Å².